The molecule has 1 aliphatic heterocycles. The molecule has 1 atom stereocenters. The Morgan fingerprint density at radius 1 is 1.29 bits per heavy atom. The fourth-order valence-electron chi connectivity index (χ4n) is 3.40. The summed E-state index contributed by atoms with van der Waals surface area (Å²) < 4.78 is 28.8. The predicted molar refractivity (Wildman–Crippen MR) is 103 cm³/mol. The third-order valence-electron chi connectivity index (χ3n) is 4.82. The maximum atomic E-state index is 12.9. The lowest BCUT2D eigenvalue weighted by atomic mass is 10.0. The first-order chi connectivity index (χ1) is 13.3. The number of rotatable bonds is 5. The van der Waals surface area contributed by atoms with Crippen LogP contribution in [0, 0.1) is 0 Å². The van der Waals surface area contributed by atoms with E-state index in [4.69, 9.17) is 9.56 Å². The number of hydrogen-bond donors (Lipinski definition) is 2. The maximum absolute atomic E-state index is 12.9. The summed E-state index contributed by atoms with van der Waals surface area (Å²) in [6.07, 6.45) is 4.05. The van der Waals surface area contributed by atoms with Crippen molar-refractivity contribution < 1.29 is 22.4 Å². The van der Waals surface area contributed by atoms with Gasteiger partial charge in [0.05, 0.1) is 11.2 Å². The highest BCUT2D eigenvalue weighted by atomic mass is 32.2. The van der Waals surface area contributed by atoms with Gasteiger partial charge in [0, 0.05) is 12.2 Å². The Labute approximate surface area is 163 Å². The van der Waals surface area contributed by atoms with Gasteiger partial charge in [0.25, 0.3) is 5.91 Å². The maximum Gasteiger partial charge on any atom is 0.290 e. The highest BCUT2D eigenvalue weighted by molar-refractivity contribution is 7.89. The number of aryl methyl sites for hydroxylation is 1. The molecule has 28 heavy (non-hydrogen) atoms. The standard InChI is InChI=1S/C19H23N3O5S/c1-2-13-8-9-14(12-17(13)28(20,25)26)21-18(23)15-6-3-4-10-22(15)19(24)16-7-5-11-27-16/h5,7-9,11-12,15H,2-4,6,10H2,1H3,(H,21,23)(H2,20,25,26). The van der Waals surface area contributed by atoms with Crippen molar-refractivity contribution in [2.75, 3.05) is 11.9 Å². The molecule has 0 aliphatic carbocycles. The molecule has 0 spiro atoms. The van der Waals surface area contributed by atoms with Gasteiger partial charge in [-0.3, -0.25) is 9.59 Å². The van der Waals surface area contributed by atoms with Gasteiger partial charge in [-0.25, -0.2) is 13.6 Å². The molecule has 150 valence electrons. The van der Waals surface area contributed by atoms with Gasteiger partial charge in [-0.1, -0.05) is 13.0 Å². The van der Waals surface area contributed by atoms with E-state index in [1.807, 2.05) is 6.92 Å². The van der Waals surface area contributed by atoms with E-state index in [-0.39, 0.29) is 22.5 Å². The third kappa shape index (κ3) is 4.26. The van der Waals surface area contributed by atoms with Gasteiger partial charge in [-0.15, -0.1) is 0 Å². The van der Waals surface area contributed by atoms with Crippen LogP contribution in [-0.2, 0) is 21.2 Å². The zero-order valence-electron chi connectivity index (χ0n) is 15.6. The molecule has 8 nitrogen and oxygen atoms in total. The lowest BCUT2D eigenvalue weighted by molar-refractivity contribution is -0.121. The van der Waals surface area contributed by atoms with E-state index in [1.165, 1.54) is 17.2 Å². The van der Waals surface area contributed by atoms with Crippen molar-refractivity contribution in [3.8, 4) is 0 Å². The van der Waals surface area contributed by atoms with Gasteiger partial charge in [0.1, 0.15) is 6.04 Å². The molecule has 0 radical (unpaired) electrons. The molecule has 2 heterocycles. The monoisotopic (exact) mass is 405 g/mol. The minimum atomic E-state index is -3.91. The number of carbonyl (C=O) groups is 2. The first kappa shape index (κ1) is 20.1. The summed E-state index contributed by atoms with van der Waals surface area (Å²) in [7, 11) is -3.91. The van der Waals surface area contributed by atoms with Crippen molar-refractivity contribution in [2.24, 2.45) is 5.14 Å². The SMILES string of the molecule is CCc1ccc(NC(=O)C2CCCCN2C(=O)c2ccco2)cc1S(N)(=O)=O. The van der Waals surface area contributed by atoms with E-state index in [0.717, 1.165) is 12.8 Å². The van der Waals surface area contributed by atoms with Crippen LogP contribution in [0.5, 0.6) is 0 Å². The van der Waals surface area contributed by atoms with E-state index in [9.17, 15) is 18.0 Å². The first-order valence-electron chi connectivity index (χ1n) is 9.12. The lowest BCUT2D eigenvalue weighted by Crippen LogP contribution is -2.49. The van der Waals surface area contributed by atoms with Gasteiger partial charge >= 0.3 is 0 Å². The predicted octanol–water partition coefficient (Wildman–Crippen LogP) is 2.12. The number of nitrogens with one attached hydrogen (secondary N) is 1. The molecule has 2 aromatic rings. The van der Waals surface area contributed by atoms with E-state index < -0.39 is 16.1 Å². The van der Waals surface area contributed by atoms with Crippen LogP contribution in [0.25, 0.3) is 0 Å². The Hall–Kier alpha value is -2.65. The molecule has 0 bridgehead atoms. The van der Waals surface area contributed by atoms with Crippen LogP contribution in [0.4, 0.5) is 5.69 Å². The summed E-state index contributed by atoms with van der Waals surface area (Å²) in [4.78, 5) is 27.0. The zero-order chi connectivity index (χ0) is 20.3. The number of primary sulfonamides is 1. The average Bonchev–Trinajstić information content (AvgIpc) is 3.21. The van der Waals surface area contributed by atoms with Crippen LogP contribution in [0.2, 0.25) is 0 Å². The van der Waals surface area contributed by atoms with Crippen molar-refractivity contribution >= 4 is 27.5 Å². The molecular weight excluding hydrogens is 382 g/mol. The molecule has 1 fully saturated rings. The summed E-state index contributed by atoms with van der Waals surface area (Å²) in [5.41, 5.74) is 0.898. The molecule has 1 saturated heterocycles. The highest BCUT2D eigenvalue weighted by Crippen LogP contribution is 2.24. The third-order valence-corrected chi connectivity index (χ3v) is 5.81. The first-order valence-corrected chi connectivity index (χ1v) is 10.7. The molecular formula is C19H23N3O5S. The number of carbonyl (C=O) groups excluding carboxylic acids is 2. The summed E-state index contributed by atoms with van der Waals surface area (Å²) >= 11 is 0. The topological polar surface area (TPSA) is 123 Å². The molecule has 9 heteroatoms. The largest absolute Gasteiger partial charge is 0.459 e. The van der Waals surface area contributed by atoms with Crippen molar-refractivity contribution in [3.63, 3.8) is 0 Å². The van der Waals surface area contributed by atoms with Crippen LogP contribution in [0.15, 0.2) is 45.9 Å². The molecule has 3 rings (SSSR count). The normalized spacial score (nSPS) is 17.4. The molecule has 1 unspecified atom stereocenters. The molecule has 1 aliphatic rings. The number of nitrogens with zero attached hydrogens (tertiary/aromatic N) is 1. The number of nitrogens with two attached hydrogens (primary N) is 1. The van der Waals surface area contributed by atoms with Crippen molar-refractivity contribution in [3.05, 3.63) is 47.9 Å². The summed E-state index contributed by atoms with van der Waals surface area (Å²) in [6.45, 7) is 2.28. The number of amides is 2. The fraction of sp³-hybridized carbons (Fsp3) is 0.368. The average molecular weight is 405 g/mol. The van der Waals surface area contributed by atoms with Crippen LogP contribution < -0.4 is 10.5 Å². The molecule has 2 amide bonds. The Balaban J connectivity index is 1.82. The van der Waals surface area contributed by atoms with E-state index >= 15 is 0 Å². The van der Waals surface area contributed by atoms with Crippen molar-refractivity contribution in [1.29, 1.82) is 0 Å². The summed E-state index contributed by atoms with van der Waals surface area (Å²) in [5, 5.41) is 8.01. The Bertz CT molecular complexity index is 969. The van der Waals surface area contributed by atoms with Gasteiger partial charge in [-0.2, -0.15) is 0 Å². The number of piperidine rings is 1. The van der Waals surface area contributed by atoms with Gasteiger partial charge < -0.3 is 14.6 Å². The number of likely N-dealkylation sites (tertiary alicyclic amines) is 1. The number of furan rings is 1. The number of benzene rings is 1. The van der Waals surface area contributed by atoms with Crippen LogP contribution in [0.3, 0.4) is 0 Å². The van der Waals surface area contributed by atoms with Gasteiger partial charge in [0.15, 0.2) is 5.76 Å². The number of sulfonamides is 1. The van der Waals surface area contributed by atoms with E-state index in [0.29, 0.717) is 30.6 Å². The number of anilines is 1. The van der Waals surface area contributed by atoms with Crippen molar-refractivity contribution in [2.45, 2.75) is 43.5 Å². The highest BCUT2D eigenvalue weighted by Gasteiger charge is 2.33. The second-order valence-corrected chi connectivity index (χ2v) is 8.23. The number of hydrogen-bond acceptors (Lipinski definition) is 5. The smallest absolute Gasteiger partial charge is 0.290 e. The lowest BCUT2D eigenvalue weighted by Gasteiger charge is -2.34. The second kappa shape index (κ2) is 8.15. The molecule has 3 N–H and O–H groups in total. The Morgan fingerprint density at radius 2 is 2.07 bits per heavy atom. The fourth-order valence-corrected chi connectivity index (χ4v) is 4.27. The quantitative estimate of drug-likeness (QED) is 0.789. The summed E-state index contributed by atoms with van der Waals surface area (Å²) in [5.74, 6) is -0.524. The van der Waals surface area contributed by atoms with Crippen LogP contribution in [-0.4, -0.2) is 37.7 Å². The van der Waals surface area contributed by atoms with Gasteiger partial charge in [-0.05, 0) is 55.5 Å². The van der Waals surface area contributed by atoms with Crippen molar-refractivity contribution in [1.82, 2.24) is 4.90 Å². The minimum absolute atomic E-state index is 0.0139. The second-order valence-electron chi connectivity index (χ2n) is 6.70. The van der Waals surface area contributed by atoms with E-state index in [1.54, 1.807) is 24.3 Å². The zero-order valence-corrected chi connectivity index (χ0v) is 16.4. The van der Waals surface area contributed by atoms with Gasteiger partial charge in [0.2, 0.25) is 15.9 Å². The van der Waals surface area contributed by atoms with Crippen LogP contribution in [0.1, 0.15) is 42.3 Å². The summed E-state index contributed by atoms with van der Waals surface area (Å²) in [6, 6.07) is 7.14. The van der Waals surface area contributed by atoms with E-state index in [2.05, 4.69) is 5.32 Å². The molecule has 1 aromatic heterocycles. The molecule has 0 saturated carbocycles. The van der Waals surface area contributed by atoms with Crippen LogP contribution >= 0.6 is 0 Å². The minimum Gasteiger partial charge on any atom is -0.459 e. The molecule has 1 aromatic carbocycles. The Kier molecular flexibility index (Phi) is 5.85. The Morgan fingerprint density at radius 3 is 2.71 bits per heavy atom.